The summed E-state index contributed by atoms with van der Waals surface area (Å²) in [5.74, 6) is 1.95. The fourth-order valence-electron chi connectivity index (χ4n) is 3.70. The molecule has 0 amide bonds. The summed E-state index contributed by atoms with van der Waals surface area (Å²) in [6.45, 7) is 0. The Morgan fingerprint density at radius 3 is 2.75 bits per heavy atom. The summed E-state index contributed by atoms with van der Waals surface area (Å²) in [6.07, 6.45) is 7.99. The average Bonchev–Trinajstić information content (AvgIpc) is 2.92. The van der Waals surface area contributed by atoms with Gasteiger partial charge < -0.3 is 9.73 Å². The van der Waals surface area contributed by atoms with E-state index in [-0.39, 0.29) is 0 Å². The molecule has 1 fully saturated rings. The number of nitrogens with one attached hydrogen (secondary N) is 1. The summed E-state index contributed by atoms with van der Waals surface area (Å²) in [4.78, 5) is 0. The van der Waals surface area contributed by atoms with E-state index in [2.05, 4.69) is 41.7 Å². The van der Waals surface area contributed by atoms with Crippen LogP contribution in [0.25, 0.3) is 0 Å². The number of aryl methyl sites for hydroxylation is 1. The zero-order chi connectivity index (χ0) is 13.4. The smallest absolute Gasteiger partial charge is 0.108 e. The van der Waals surface area contributed by atoms with Gasteiger partial charge in [-0.15, -0.1) is 0 Å². The Morgan fingerprint density at radius 2 is 1.90 bits per heavy atom. The Labute approximate surface area is 120 Å². The molecule has 1 aromatic carbocycles. The maximum atomic E-state index is 5.57. The second kappa shape index (κ2) is 5.10. The SMILES string of the molecule is c1ccc(C2CC(NC3CCCc4occc43)C2)cc1. The molecule has 0 saturated heterocycles. The molecule has 2 heteroatoms. The minimum Gasteiger partial charge on any atom is -0.469 e. The standard InChI is InChI=1S/C18H21NO/c1-2-5-13(6-3-1)14-11-15(12-14)19-17-7-4-8-18-16(17)9-10-20-18/h1-3,5-6,9-10,14-15,17,19H,4,7-8,11-12H2. The summed E-state index contributed by atoms with van der Waals surface area (Å²) in [5.41, 5.74) is 2.90. The molecule has 0 aliphatic heterocycles. The van der Waals surface area contributed by atoms with Gasteiger partial charge in [-0.2, -0.15) is 0 Å². The Kier molecular flexibility index (Phi) is 3.12. The average molecular weight is 267 g/mol. The molecule has 0 radical (unpaired) electrons. The van der Waals surface area contributed by atoms with E-state index in [1.807, 2.05) is 6.26 Å². The van der Waals surface area contributed by atoms with Gasteiger partial charge >= 0.3 is 0 Å². The predicted octanol–water partition coefficient (Wildman–Crippen LogP) is 4.19. The van der Waals surface area contributed by atoms with E-state index in [0.717, 1.165) is 12.3 Å². The van der Waals surface area contributed by atoms with Crippen LogP contribution >= 0.6 is 0 Å². The fourth-order valence-corrected chi connectivity index (χ4v) is 3.70. The highest BCUT2D eigenvalue weighted by atomic mass is 16.3. The zero-order valence-electron chi connectivity index (χ0n) is 11.7. The first-order valence-electron chi connectivity index (χ1n) is 7.77. The van der Waals surface area contributed by atoms with Gasteiger partial charge in [-0.1, -0.05) is 30.3 Å². The molecule has 2 aliphatic carbocycles. The Bertz CT molecular complexity index is 568. The molecule has 0 bridgehead atoms. The number of benzene rings is 1. The van der Waals surface area contributed by atoms with Gasteiger partial charge in [0.15, 0.2) is 0 Å². The van der Waals surface area contributed by atoms with Crippen molar-refractivity contribution in [2.24, 2.45) is 0 Å². The fraction of sp³-hybridized carbons (Fsp3) is 0.444. The van der Waals surface area contributed by atoms with Crippen LogP contribution in [0.15, 0.2) is 47.1 Å². The minimum absolute atomic E-state index is 0.513. The van der Waals surface area contributed by atoms with E-state index >= 15 is 0 Å². The van der Waals surface area contributed by atoms with Gasteiger partial charge in [-0.05, 0) is 43.2 Å². The molecule has 0 spiro atoms. The van der Waals surface area contributed by atoms with Crippen LogP contribution in [0.1, 0.15) is 54.5 Å². The first kappa shape index (κ1) is 12.2. The Morgan fingerprint density at radius 1 is 1.05 bits per heavy atom. The van der Waals surface area contributed by atoms with Crippen molar-refractivity contribution in [3.63, 3.8) is 0 Å². The van der Waals surface area contributed by atoms with Gasteiger partial charge in [0.1, 0.15) is 5.76 Å². The van der Waals surface area contributed by atoms with E-state index < -0.39 is 0 Å². The maximum Gasteiger partial charge on any atom is 0.108 e. The van der Waals surface area contributed by atoms with Crippen molar-refractivity contribution < 1.29 is 4.42 Å². The van der Waals surface area contributed by atoms with Crippen LogP contribution in [-0.4, -0.2) is 6.04 Å². The molecule has 2 aliphatic rings. The summed E-state index contributed by atoms with van der Waals surface area (Å²) in [6, 6.07) is 14.3. The topological polar surface area (TPSA) is 25.2 Å². The molecule has 1 saturated carbocycles. The van der Waals surface area contributed by atoms with Crippen molar-refractivity contribution in [1.82, 2.24) is 5.32 Å². The van der Waals surface area contributed by atoms with Crippen molar-refractivity contribution in [2.45, 2.75) is 50.1 Å². The van der Waals surface area contributed by atoms with Crippen LogP contribution < -0.4 is 5.32 Å². The van der Waals surface area contributed by atoms with Crippen LogP contribution in [0.5, 0.6) is 0 Å². The molecule has 104 valence electrons. The molecule has 1 heterocycles. The van der Waals surface area contributed by atoms with Crippen LogP contribution in [0.2, 0.25) is 0 Å². The largest absolute Gasteiger partial charge is 0.469 e. The van der Waals surface area contributed by atoms with Crippen LogP contribution in [0, 0.1) is 0 Å². The van der Waals surface area contributed by atoms with Crippen molar-refractivity contribution in [2.75, 3.05) is 0 Å². The van der Waals surface area contributed by atoms with Crippen LogP contribution in [0.4, 0.5) is 0 Å². The first-order valence-corrected chi connectivity index (χ1v) is 7.77. The summed E-state index contributed by atoms with van der Waals surface area (Å²) >= 11 is 0. The highest BCUT2D eigenvalue weighted by Gasteiger charge is 2.33. The van der Waals surface area contributed by atoms with Crippen molar-refractivity contribution in [3.8, 4) is 0 Å². The van der Waals surface area contributed by atoms with Gasteiger partial charge in [-0.3, -0.25) is 0 Å². The third kappa shape index (κ3) is 2.18. The number of fused-ring (bicyclic) bond motifs is 1. The molecule has 2 aromatic rings. The van der Waals surface area contributed by atoms with Gasteiger partial charge in [0.2, 0.25) is 0 Å². The molecule has 1 unspecified atom stereocenters. The Hall–Kier alpha value is -1.54. The maximum absolute atomic E-state index is 5.57. The third-order valence-electron chi connectivity index (χ3n) is 4.90. The molecular formula is C18H21NO. The number of hydrogen-bond acceptors (Lipinski definition) is 2. The minimum atomic E-state index is 0.513. The lowest BCUT2D eigenvalue weighted by atomic mass is 9.75. The molecule has 20 heavy (non-hydrogen) atoms. The van der Waals surface area contributed by atoms with Gasteiger partial charge in [-0.25, -0.2) is 0 Å². The van der Waals surface area contributed by atoms with Gasteiger partial charge in [0.05, 0.1) is 6.26 Å². The zero-order valence-corrected chi connectivity index (χ0v) is 11.7. The van der Waals surface area contributed by atoms with Crippen LogP contribution in [-0.2, 0) is 6.42 Å². The summed E-state index contributed by atoms with van der Waals surface area (Å²) < 4.78 is 5.57. The lowest BCUT2D eigenvalue weighted by Crippen LogP contribution is -2.42. The highest BCUT2D eigenvalue weighted by molar-refractivity contribution is 5.26. The number of furan rings is 1. The molecule has 4 rings (SSSR count). The van der Waals surface area contributed by atoms with E-state index in [0.29, 0.717) is 12.1 Å². The quantitative estimate of drug-likeness (QED) is 0.902. The molecule has 1 N–H and O–H groups in total. The molecule has 1 aromatic heterocycles. The second-order valence-corrected chi connectivity index (χ2v) is 6.19. The second-order valence-electron chi connectivity index (χ2n) is 6.19. The van der Waals surface area contributed by atoms with Gasteiger partial charge in [0, 0.05) is 24.1 Å². The summed E-state index contributed by atoms with van der Waals surface area (Å²) in [7, 11) is 0. The third-order valence-corrected chi connectivity index (χ3v) is 4.90. The molecule has 2 nitrogen and oxygen atoms in total. The predicted molar refractivity (Wildman–Crippen MR) is 79.7 cm³/mol. The van der Waals surface area contributed by atoms with Crippen molar-refractivity contribution in [1.29, 1.82) is 0 Å². The Balaban J connectivity index is 1.37. The lowest BCUT2D eigenvalue weighted by molar-refractivity contribution is 0.252. The van der Waals surface area contributed by atoms with E-state index in [9.17, 15) is 0 Å². The van der Waals surface area contributed by atoms with Crippen molar-refractivity contribution >= 4 is 0 Å². The van der Waals surface area contributed by atoms with Crippen molar-refractivity contribution in [3.05, 3.63) is 59.5 Å². The number of rotatable bonds is 3. The molecular weight excluding hydrogens is 246 g/mol. The highest BCUT2D eigenvalue weighted by Crippen LogP contribution is 2.39. The molecule has 1 atom stereocenters. The number of hydrogen-bond donors (Lipinski definition) is 1. The first-order chi connectivity index (χ1) is 9.90. The van der Waals surface area contributed by atoms with Crippen LogP contribution in [0.3, 0.4) is 0 Å². The van der Waals surface area contributed by atoms with Gasteiger partial charge in [0.25, 0.3) is 0 Å². The summed E-state index contributed by atoms with van der Waals surface area (Å²) in [5, 5.41) is 3.84. The van der Waals surface area contributed by atoms with E-state index in [4.69, 9.17) is 4.42 Å². The lowest BCUT2D eigenvalue weighted by Gasteiger charge is -2.39. The van der Waals surface area contributed by atoms with E-state index in [1.165, 1.54) is 42.6 Å². The normalized spacial score (nSPS) is 28.7. The monoisotopic (exact) mass is 267 g/mol. The van der Waals surface area contributed by atoms with E-state index in [1.54, 1.807) is 0 Å².